The first kappa shape index (κ1) is 15.6. The zero-order valence-electron chi connectivity index (χ0n) is 13.6. The Morgan fingerprint density at radius 1 is 0.952 bits per heavy atom. The number of likely N-dealkylation sites (N-methyl/N-ethyl adjacent to an activating group) is 1. The summed E-state index contributed by atoms with van der Waals surface area (Å²) in [5, 5.41) is 0. The Morgan fingerprint density at radius 2 is 1.57 bits per heavy atom. The highest BCUT2D eigenvalue weighted by molar-refractivity contribution is 5.50. The van der Waals surface area contributed by atoms with Gasteiger partial charge in [-0.1, -0.05) is 30.3 Å². The van der Waals surface area contributed by atoms with E-state index in [0.717, 1.165) is 6.54 Å². The van der Waals surface area contributed by atoms with Crippen LogP contribution in [0.5, 0.6) is 0 Å². The number of nitrogens with two attached hydrogens (primary N) is 1. The molecule has 2 heteroatoms. The highest BCUT2D eigenvalue weighted by Crippen LogP contribution is 2.29. The average molecular weight is 282 g/mol. The second-order valence-electron chi connectivity index (χ2n) is 5.67. The van der Waals surface area contributed by atoms with Crippen LogP contribution in [0.1, 0.15) is 35.2 Å². The van der Waals surface area contributed by atoms with Gasteiger partial charge in [0.1, 0.15) is 0 Å². The Kier molecular flexibility index (Phi) is 5.03. The number of hydrogen-bond acceptors (Lipinski definition) is 2. The minimum absolute atomic E-state index is 0.219. The van der Waals surface area contributed by atoms with Crippen LogP contribution < -0.4 is 10.6 Å². The van der Waals surface area contributed by atoms with Crippen molar-refractivity contribution in [1.29, 1.82) is 0 Å². The third kappa shape index (κ3) is 3.27. The summed E-state index contributed by atoms with van der Waals surface area (Å²) < 4.78 is 0. The molecule has 2 aromatic carbocycles. The first-order chi connectivity index (χ1) is 10.1. The fraction of sp³-hybridized carbons (Fsp3) is 0.368. The van der Waals surface area contributed by atoms with Crippen molar-refractivity contribution in [3.8, 4) is 0 Å². The van der Waals surface area contributed by atoms with Crippen molar-refractivity contribution < 1.29 is 0 Å². The van der Waals surface area contributed by atoms with Crippen molar-refractivity contribution in [1.82, 2.24) is 0 Å². The van der Waals surface area contributed by atoms with Crippen molar-refractivity contribution in [2.75, 3.05) is 18.0 Å². The maximum atomic E-state index is 6.13. The Labute approximate surface area is 128 Å². The summed E-state index contributed by atoms with van der Waals surface area (Å²) in [6, 6.07) is 15.3. The summed E-state index contributed by atoms with van der Waals surface area (Å²) in [5.41, 5.74) is 12.7. The van der Waals surface area contributed by atoms with Crippen LogP contribution in [0.2, 0.25) is 0 Å². The van der Waals surface area contributed by atoms with Gasteiger partial charge in [0.05, 0.1) is 6.04 Å². The largest absolute Gasteiger partial charge is 0.363 e. The lowest BCUT2D eigenvalue weighted by Gasteiger charge is -2.33. The summed E-state index contributed by atoms with van der Waals surface area (Å²) in [4.78, 5) is 2.39. The molecule has 2 rings (SSSR count). The molecule has 1 unspecified atom stereocenters. The molecule has 2 aromatic rings. The fourth-order valence-electron chi connectivity index (χ4n) is 2.97. The average Bonchev–Trinajstić information content (AvgIpc) is 2.50. The van der Waals surface area contributed by atoms with E-state index in [4.69, 9.17) is 5.73 Å². The van der Waals surface area contributed by atoms with E-state index in [0.29, 0.717) is 6.54 Å². The Balaban J connectivity index is 2.45. The van der Waals surface area contributed by atoms with E-state index < -0.39 is 0 Å². The van der Waals surface area contributed by atoms with Gasteiger partial charge < -0.3 is 10.6 Å². The van der Waals surface area contributed by atoms with E-state index in [-0.39, 0.29) is 6.04 Å². The lowest BCUT2D eigenvalue weighted by molar-refractivity contribution is 0.639. The second kappa shape index (κ2) is 6.77. The predicted molar refractivity (Wildman–Crippen MR) is 91.9 cm³/mol. The van der Waals surface area contributed by atoms with Crippen molar-refractivity contribution in [3.63, 3.8) is 0 Å². The molecule has 0 fully saturated rings. The van der Waals surface area contributed by atoms with Gasteiger partial charge in [-0.2, -0.15) is 0 Å². The topological polar surface area (TPSA) is 29.3 Å². The Hall–Kier alpha value is -1.80. The van der Waals surface area contributed by atoms with Crippen LogP contribution in [0, 0.1) is 20.8 Å². The van der Waals surface area contributed by atoms with Gasteiger partial charge >= 0.3 is 0 Å². The molecule has 0 radical (unpaired) electrons. The minimum atomic E-state index is 0.219. The number of hydrogen-bond donors (Lipinski definition) is 1. The summed E-state index contributed by atoms with van der Waals surface area (Å²) >= 11 is 0. The number of benzene rings is 2. The molecule has 1 atom stereocenters. The standard InChI is InChI=1S/C19H26N2/c1-5-21(17-9-7-6-8-10-17)19(13-20)18-12-15(3)14(2)11-16(18)4/h6-12,19H,5,13,20H2,1-4H3. The molecule has 0 aliphatic carbocycles. The molecule has 21 heavy (non-hydrogen) atoms. The number of nitrogens with zero attached hydrogens (tertiary/aromatic N) is 1. The predicted octanol–water partition coefficient (Wildman–Crippen LogP) is 4.14. The molecule has 0 saturated heterocycles. The monoisotopic (exact) mass is 282 g/mol. The minimum Gasteiger partial charge on any atom is -0.363 e. The maximum Gasteiger partial charge on any atom is 0.0667 e. The quantitative estimate of drug-likeness (QED) is 0.893. The second-order valence-corrected chi connectivity index (χ2v) is 5.67. The van der Waals surface area contributed by atoms with E-state index in [9.17, 15) is 0 Å². The molecule has 0 saturated carbocycles. The van der Waals surface area contributed by atoms with Crippen LogP contribution in [0.25, 0.3) is 0 Å². The van der Waals surface area contributed by atoms with E-state index in [2.05, 4.69) is 75.1 Å². The lowest BCUT2D eigenvalue weighted by Crippen LogP contribution is -2.34. The van der Waals surface area contributed by atoms with Crippen molar-refractivity contribution >= 4 is 5.69 Å². The van der Waals surface area contributed by atoms with Crippen molar-refractivity contribution in [2.24, 2.45) is 5.73 Å². The van der Waals surface area contributed by atoms with Gasteiger partial charge in [-0.25, -0.2) is 0 Å². The summed E-state index contributed by atoms with van der Waals surface area (Å²) in [5.74, 6) is 0. The van der Waals surface area contributed by atoms with E-state index in [1.807, 2.05) is 0 Å². The summed E-state index contributed by atoms with van der Waals surface area (Å²) in [6.07, 6.45) is 0. The van der Waals surface area contributed by atoms with Crippen LogP contribution in [0.15, 0.2) is 42.5 Å². The molecule has 2 nitrogen and oxygen atoms in total. The highest BCUT2D eigenvalue weighted by Gasteiger charge is 2.20. The van der Waals surface area contributed by atoms with Gasteiger partial charge in [0, 0.05) is 18.8 Å². The normalized spacial score (nSPS) is 12.2. The first-order valence-electron chi connectivity index (χ1n) is 7.68. The SMILES string of the molecule is CCN(c1ccccc1)C(CN)c1cc(C)c(C)cc1C. The van der Waals surface area contributed by atoms with E-state index in [1.54, 1.807) is 0 Å². The Morgan fingerprint density at radius 3 is 2.14 bits per heavy atom. The first-order valence-corrected chi connectivity index (χ1v) is 7.68. The maximum absolute atomic E-state index is 6.13. The van der Waals surface area contributed by atoms with Crippen molar-refractivity contribution in [2.45, 2.75) is 33.7 Å². The van der Waals surface area contributed by atoms with E-state index in [1.165, 1.54) is 27.9 Å². The highest BCUT2D eigenvalue weighted by atomic mass is 15.2. The molecule has 0 aliphatic heterocycles. The van der Waals surface area contributed by atoms with Crippen LogP contribution in [-0.4, -0.2) is 13.1 Å². The molecule has 0 heterocycles. The molecule has 112 valence electrons. The third-order valence-electron chi connectivity index (χ3n) is 4.27. The van der Waals surface area contributed by atoms with Gasteiger partial charge in [-0.15, -0.1) is 0 Å². The third-order valence-corrected chi connectivity index (χ3v) is 4.27. The molecule has 0 spiro atoms. The van der Waals surface area contributed by atoms with Gasteiger partial charge in [-0.05, 0) is 62.1 Å². The number of aryl methyl sites for hydroxylation is 3. The molecule has 0 aromatic heterocycles. The van der Waals surface area contributed by atoms with Crippen molar-refractivity contribution in [3.05, 3.63) is 64.7 Å². The molecule has 0 amide bonds. The molecular weight excluding hydrogens is 256 g/mol. The smallest absolute Gasteiger partial charge is 0.0667 e. The fourth-order valence-corrected chi connectivity index (χ4v) is 2.97. The Bertz CT molecular complexity index is 590. The number of rotatable bonds is 5. The molecule has 0 aliphatic rings. The number of anilines is 1. The number of para-hydroxylation sites is 1. The van der Waals surface area contributed by atoms with E-state index >= 15 is 0 Å². The van der Waals surface area contributed by atoms with Crippen LogP contribution in [0.3, 0.4) is 0 Å². The zero-order valence-corrected chi connectivity index (χ0v) is 13.6. The molecule has 2 N–H and O–H groups in total. The van der Waals surface area contributed by atoms with Gasteiger partial charge in [-0.3, -0.25) is 0 Å². The van der Waals surface area contributed by atoms with Gasteiger partial charge in [0.2, 0.25) is 0 Å². The van der Waals surface area contributed by atoms with Gasteiger partial charge in [0.25, 0.3) is 0 Å². The molecular formula is C19H26N2. The van der Waals surface area contributed by atoms with Crippen LogP contribution in [-0.2, 0) is 0 Å². The summed E-state index contributed by atoms with van der Waals surface area (Å²) in [6.45, 7) is 10.3. The van der Waals surface area contributed by atoms with Gasteiger partial charge in [0.15, 0.2) is 0 Å². The van der Waals surface area contributed by atoms with Crippen LogP contribution >= 0.6 is 0 Å². The van der Waals surface area contributed by atoms with Crippen LogP contribution in [0.4, 0.5) is 5.69 Å². The zero-order chi connectivity index (χ0) is 15.4. The lowest BCUT2D eigenvalue weighted by atomic mass is 9.94. The summed E-state index contributed by atoms with van der Waals surface area (Å²) in [7, 11) is 0. The molecule has 0 bridgehead atoms.